The average molecular weight is 799 g/mol. The van der Waals surface area contributed by atoms with E-state index in [-0.39, 0.29) is 6.17 Å². The highest BCUT2D eigenvalue weighted by Gasteiger charge is 2.25. The number of fused-ring (bicyclic) bond motifs is 8. The molecule has 1 atom stereocenters. The smallest absolute Gasteiger partial charge is 0.125 e. The van der Waals surface area contributed by atoms with Gasteiger partial charge in [-0.3, -0.25) is 11.3 Å². The summed E-state index contributed by atoms with van der Waals surface area (Å²) in [5.74, 6) is 5.29. The number of hydrogen-bond donors (Lipinski definition) is 3. The number of nitrogens with zero attached hydrogens (tertiary/aromatic N) is 3. The van der Waals surface area contributed by atoms with E-state index in [1.807, 2.05) is 13.8 Å². The van der Waals surface area contributed by atoms with Crippen LogP contribution in [0.1, 0.15) is 43.1 Å². The molecule has 1 unspecified atom stereocenters. The van der Waals surface area contributed by atoms with Crippen LogP contribution in [0.4, 0.5) is 0 Å². The molecule has 0 saturated carbocycles. The Balaban J connectivity index is 0.000000270. The van der Waals surface area contributed by atoms with Crippen molar-refractivity contribution in [3.05, 3.63) is 204 Å². The minimum Gasteiger partial charge on any atom is -0.353 e. The van der Waals surface area contributed by atoms with Crippen molar-refractivity contribution in [3.63, 3.8) is 0 Å². The molecule has 0 spiro atoms. The van der Waals surface area contributed by atoms with Crippen LogP contribution in [0.3, 0.4) is 0 Å². The third kappa shape index (κ3) is 7.78. The Morgan fingerprint density at radius 1 is 0.590 bits per heavy atom. The van der Waals surface area contributed by atoms with Gasteiger partial charge in [0.25, 0.3) is 0 Å². The summed E-state index contributed by atoms with van der Waals surface area (Å²) in [7, 11) is 2.22. The van der Waals surface area contributed by atoms with Crippen molar-refractivity contribution < 1.29 is 0 Å². The first-order chi connectivity index (χ1) is 30.1. The second-order valence-corrected chi connectivity index (χ2v) is 15.7. The molecule has 2 aliphatic rings. The Bertz CT molecular complexity index is 3070. The van der Waals surface area contributed by atoms with Crippen LogP contribution < -0.4 is 16.6 Å². The SMILES string of the molecule is CC.CN1C(CNCc2ccc3ccccc3c2)=CC=CC1n1c2ccccc2c2cc3c4ccccc4n(-c4ccccc4)c3cc21.NNCC1=Cc2ccccc2CC1. The Kier molecular flexibility index (Phi) is 11.6. The molecule has 0 bridgehead atoms. The molecule has 4 N–H and O–H groups in total. The molecular formula is C55H54N6. The Hall–Kier alpha value is -6.70. The fraction of sp³-hybridized carbons (Fsp3) is 0.164. The number of nitrogens with two attached hydrogens (primary N) is 1. The Morgan fingerprint density at radius 3 is 2.10 bits per heavy atom. The van der Waals surface area contributed by atoms with E-state index < -0.39 is 0 Å². The quantitative estimate of drug-likeness (QED) is 0.106. The van der Waals surface area contributed by atoms with Gasteiger partial charge in [0.2, 0.25) is 0 Å². The molecule has 7 aromatic carbocycles. The number of hydrazine groups is 1. The van der Waals surface area contributed by atoms with Gasteiger partial charge in [0, 0.05) is 59.6 Å². The molecule has 61 heavy (non-hydrogen) atoms. The molecule has 3 heterocycles. The molecule has 0 fully saturated rings. The topological polar surface area (TPSA) is 63.2 Å². The van der Waals surface area contributed by atoms with Crippen molar-refractivity contribution in [3.8, 4) is 5.69 Å². The zero-order valence-electron chi connectivity index (χ0n) is 35.4. The summed E-state index contributed by atoms with van der Waals surface area (Å²) in [5, 5.41) is 11.4. The van der Waals surface area contributed by atoms with E-state index in [9.17, 15) is 0 Å². The van der Waals surface area contributed by atoms with Gasteiger partial charge in [-0.15, -0.1) is 0 Å². The predicted octanol–water partition coefficient (Wildman–Crippen LogP) is 12.2. The van der Waals surface area contributed by atoms with Gasteiger partial charge in [0.1, 0.15) is 6.17 Å². The first-order valence-corrected chi connectivity index (χ1v) is 21.7. The molecule has 0 saturated heterocycles. The molecule has 0 radical (unpaired) electrons. The average Bonchev–Trinajstić information content (AvgIpc) is 3.82. The summed E-state index contributed by atoms with van der Waals surface area (Å²) < 4.78 is 4.93. The number of likely N-dealkylation sites (N-methyl/N-ethyl adjacent to an activating group) is 1. The van der Waals surface area contributed by atoms with Crippen LogP contribution in [0.2, 0.25) is 0 Å². The fourth-order valence-corrected chi connectivity index (χ4v) is 9.17. The normalized spacial score (nSPS) is 14.7. The highest BCUT2D eigenvalue weighted by atomic mass is 15.3. The first-order valence-electron chi connectivity index (χ1n) is 21.7. The lowest BCUT2D eigenvalue weighted by molar-refractivity contribution is 0.278. The number of hydrogen-bond acceptors (Lipinski definition) is 4. The minimum absolute atomic E-state index is 0.0388. The second-order valence-electron chi connectivity index (χ2n) is 15.7. The van der Waals surface area contributed by atoms with E-state index in [1.165, 1.54) is 88.0 Å². The highest BCUT2D eigenvalue weighted by Crippen LogP contribution is 2.41. The van der Waals surface area contributed by atoms with E-state index in [2.05, 4.69) is 214 Å². The molecule has 304 valence electrons. The van der Waals surface area contributed by atoms with Gasteiger partial charge in [0.15, 0.2) is 0 Å². The lowest BCUT2D eigenvalue weighted by Gasteiger charge is -2.34. The monoisotopic (exact) mass is 798 g/mol. The molecule has 6 heteroatoms. The zero-order chi connectivity index (χ0) is 41.7. The van der Waals surface area contributed by atoms with Crippen molar-refractivity contribution in [2.45, 2.75) is 39.4 Å². The van der Waals surface area contributed by atoms with Gasteiger partial charge in [-0.05, 0) is 94.9 Å². The molecule has 6 nitrogen and oxygen atoms in total. The van der Waals surface area contributed by atoms with E-state index in [1.54, 1.807) is 0 Å². The molecule has 2 aromatic heterocycles. The molecule has 9 aromatic rings. The summed E-state index contributed by atoms with van der Waals surface area (Å²) in [6.07, 6.45) is 11.3. The van der Waals surface area contributed by atoms with E-state index in [4.69, 9.17) is 5.84 Å². The summed E-state index contributed by atoms with van der Waals surface area (Å²) >= 11 is 0. The molecule has 0 amide bonds. The number of para-hydroxylation sites is 3. The number of benzene rings is 7. The van der Waals surface area contributed by atoms with Crippen LogP contribution in [-0.4, -0.2) is 34.2 Å². The predicted molar refractivity (Wildman–Crippen MR) is 260 cm³/mol. The minimum atomic E-state index is 0.0388. The van der Waals surface area contributed by atoms with Gasteiger partial charge in [-0.25, -0.2) is 0 Å². The Morgan fingerprint density at radius 2 is 1.28 bits per heavy atom. The summed E-state index contributed by atoms with van der Waals surface area (Å²) in [6.45, 7) is 6.41. The Labute approximate surface area is 358 Å². The summed E-state index contributed by atoms with van der Waals surface area (Å²) in [6, 6.07) is 57.0. The second kappa shape index (κ2) is 17.9. The maximum absolute atomic E-state index is 5.29. The van der Waals surface area contributed by atoms with Crippen molar-refractivity contribution in [1.29, 1.82) is 0 Å². The highest BCUT2D eigenvalue weighted by molar-refractivity contribution is 6.18. The van der Waals surface area contributed by atoms with Crippen LogP contribution in [-0.2, 0) is 13.0 Å². The number of nitrogens with one attached hydrogen (secondary N) is 2. The van der Waals surface area contributed by atoms with Gasteiger partial charge >= 0.3 is 0 Å². The largest absolute Gasteiger partial charge is 0.353 e. The van der Waals surface area contributed by atoms with Gasteiger partial charge in [-0.2, -0.15) is 0 Å². The first kappa shape index (κ1) is 39.7. The molecule has 11 rings (SSSR count). The lowest BCUT2D eigenvalue weighted by Crippen LogP contribution is -2.33. The van der Waals surface area contributed by atoms with E-state index in [0.717, 1.165) is 32.5 Å². The molecule has 1 aliphatic carbocycles. The number of rotatable bonds is 8. The van der Waals surface area contributed by atoms with E-state index >= 15 is 0 Å². The van der Waals surface area contributed by atoms with Crippen LogP contribution in [0.5, 0.6) is 0 Å². The van der Waals surface area contributed by atoms with Crippen molar-refractivity contribution in [2.24, 2.45) is 5.84 Å². The maximum atomic E-state index is 5.29. The summed E-state index contributed by atoms with van der Waals surface area (Å²) in [4.78, 5) is 2.41. The van der Waals surface area contributed by atoms with Crippen molar-refractivity contribution in [2.75, 3.05) is 20.1 Å². The fourth-order valence-electron chi connectivity index (χ4n) is 9.17. The maximum Gasteiger partial charge on any atom is 0.125 e. The van der Waals surface area contributed by atoms with Gasteiger partial charge < -0.3 is 19.4 Å². The van der Waals surface area contributed by atoms with E-state index in [0.29, 0.717) is 0 Å². The van der Waals surface area contributed by atoms with Crippen molar-refractivity contribution in [1.82, 2.24) is 24.8 Å². The number of aromatic nitrogens is 2. The van der Waals surface area contributed by atoms with Crippen LogP contribution in [0.15, 0.2) is 187 Å². The van der Waals surface area contributed by atoms with Crippen molar-refractivity contribution >= 4 is 60.5 Å². The molecular weight excluding hydrogens is 745 g/mol. The van der Waals surface area contributed by atoms with Crippen LogP contribution in [0, 0.1) is 0 Å². The molecule has 1 aliphatic heterocycles. The third-order valence-electron chi connectivity index (χ3n) is 12.1. The van der Waals surface area contributed by atoms with Crippen LogP contribution >= 0.6 is 0 Å². The lowest BCUT2D eigenvalue weighted by atomic mass is 9.92. The third-order valence-corrected chi connectivity index (χ3v) is 12.1. The zero-order valence-corrected chi connectivity index (χ0v) is 35.4. The summed E-state index contributed by atoms with van der Waals surface area (Å²) in [5.41, 5.74) is 15.5. The standard InChI is InChI=1S/C42H34N4.C11H14N2.C2H6/c1-44-33(28-43-27-29-22-23-30-12-5-6-13-31(30)24-29)16-11-21-42(44)46-39-20-10-8-18-35(39)37-25-36-34-17-7-9-19-38(34)45(40(36)26-41(37)46)32-14-3-2-4-15-32;12-13-8-9-5-6-10-3-1-2-4-11(10)7-9;1-2/h2-26,42-43H,27-28H2,1H3;1-4,7,13H,5-6,8,12H2;1-2H3. The number of aryl methyl sites for hydroxylation is 1. The van der Waals surface area contributed by atoms with Gasteiger partial charge in [-0.1, -0.05) is 147 Å². The van der Waals surface area contributed by atoms with Gasteiger partial charge in [0.05, 0.1) is 22.1 Å². The van der Waals surface area contributed by atoms with Crippen LogP contribution in [0.25, 0.3) is 66.1 Å². The number of allylic oxidation sites excluding steroid dienone is 2.